The average molecular weight is 789 g/mol. The molecule has 0 aliphatic heterocycles. The lowest BCUT2D eigenvalue weighted by Crippen LogP contribution is -2.10. The standard InChI is InChI=1S/C62H44/c1-5-36-30-39-28-29-42(62(2,3)4)34-51(39)49(31-36)40-26-27-41-33-53-58-46(50(41)32-40)23-15-25-48(58)60-55(37-16-8-6-9-17-37)54-35-52-44-21-13-12-20-43(44)45-22-14-24-47(57(45)52)59(54)56(61(53)60)38-18-10-7-11-19-38/h6-35H,5H2,1-4H3. The fraction of sp³-hybridized carbons (Fsp3) is 0.0968. The first kappa shape index (κ1) is 35.5. The first-order chi connectivity index (χ1) is 30.4. The van der Waals surface area contributed by atoms with E-state index in [2.05, 4.69) is 210 Å². The van der Waals surface area contributed by atoms with Gasteiger partial charge in [-0.05, 0) is 171 Å². The zero-order valence-corrected chi connectivity index (χ0v) is 35.5. The van der Waals surface area contributed by atoms with E-state index < -0.39 is 0 Å². The summed E-state index contributed by atoms with van der Waals surface area (Å²) in [5.74, 6) is 0. The van der Waals surface area contributed by atoms with Crippen LogP contribution in [0.2, 0.25) is 0 Å². The molecule has 0 spiro atoms. The molecule has 0 fully saturated rings. The number of hydrogen-bond acceptors (Lipinski definition) is 0. The third-order valence-corrected chi connectivity index (χ3v) is 14.2. The average Bonchev–Trinajstić information content (AvgIpc) is 3.81. The highest BCUT2D eigenvalue weighted by molar-refractivity contribution is 6.46. The van der Waals surface area contributed by atoms with Crippen molar-refractivity contribution in [2.24, 2.45) is 0 Å². The SMILES string of the molecule is CCc1cc(-c2ccc3cc4c5c(-c6ccccc6)c6c(cc7c8ccccc8c8cccc6c87)c(-c6ccccc6)c5c5cccc(c3c2)c54)c2cc(C(C)(C)C)ccc2c1. The van der Waals surface area contributed by atoms with Crippen molar-refractivity contribution in [3.8, 4) is 33.4 Å². The van der Waals surface area contributed by atoms with Crippen LogP contribution in [0.3, 0.4) is 0 Å². The lowest BCUT2D eigenvalue weighted by molar-refractivity contribution is 0.591. The van der Waals surface area contributed by atoms with Gasteiger partial charge in [-0.3, -0.25) is 0 Å². The van der Waals surface area contributed by atoms with Crippen molar-refractivity contribution in [1.29, 1.82) is 0 Å². The van der Waals surface area contributed by atoms with Gasteiger partial charge in [0.1, 0.15) is 0 Å². The molecule has 0 heteroatoms. The van der Waals surface area contributed by atoms with Gasteiger partial charge in [0.2, 0.25) is 0 Å². The van der Waals surface area contributed by atoms with Crippen LogP contribution in [0.25, 0.3) is 130 Å². The molecule has 0 aliphatic carbocycles. The van der Waals surface area contributed by atoms with Crippen molar-refractivity contribution in [2.45, 2.75) is 39.5 Å². The lowest BCUT2D eigenvalue weighted by Gasteiger charge is -2.21. The number of benzene rings is 11. The van der Waals surface area contributed by atoms with E-state index in [4.69, 9.17) is 0 Å². The third-order valence-electron chi connectivity index (χ3n) is 14.2. The van der Waals surface area contributed by atoms with E-state index in [1.807, 2.05) is 0 Å². The maximum atomic E-state index is 2.54. The Kier molecular flexibility index (Phi) is 7.36. The van der Waals surface area contributed by atoms with Crippen LogP contribution in [0.4, 0.5) is 0 Å². The fourth-order valence-corrected chi connectivity index (χ4v) is 11.3. The summed E-state index contributed by atoms with van der Waals surface area (Å²) >= 11 is 0. The van der Waals surface area contributed by atoms with Crippen LogP contribution < -0.4 is 0 Å². The molecule has 0 nitrogen and oxygen atoms in total. The van der Waals surface area contributed by atoms with Crippen LogP contribution in [0, 0.1) is 0 Å². The highest BCUT2D eigenvalue weighted by Gasteiger charge is 2.27. The molecule has 0 bridgehead atoms. The molecule has 0 radical (unpaired) electrons. The van der Waals surface area contributed by atoms with Gasteiger partial charge in [-0.25, -0.2) is 0 Å². The van der Waals surface area contributed by atoms with Crippen molar-refractivity contribution >= 4 is 97.0 Å². The number of fused-ring (bicyclic) bond motifs is 11. The minimum atomic E-state index is 0.0607. The minimum absolute atomic E-state index is 0.0607. The van der Waals surface area contributed by atoms with Crippen molar-refractivity contribution in [2.75, 3.05) is 0 Å². The molecule has 0 saturated carbocycles. The molecule has 0 saturated heterocycles. The molecule has 0 atom stereocenters. The molecule has 292 valence electrons. The second-order valence-electron chi connectivity index (χ2n) is 18.6. The zero-order chi connectivity index (χ0) is 41.4. The topological polar surface area (TPSA) is 0 Å². The van der Waals surface area contributed by atoms with Gasteiger partial charge in [0, 0.05) is 0 Å². The summed E-state index contributed by atoms with van der Waals surface area (Å²) < 4.78 is 0. The summed E-state index contributed by atoms with van der Waals surface area (Å²) in [6.45, 7) is 9.20. The highest BCUT2D eigenvalue weighted by Crippen LogP contribution is 2.55. The monoisotopic (exact) mass is 788 g/mol. The smallest absolute Gasteiger partial charge is 0.000697 e. The van der Waals surface area contributed by atoms with Gasteiger partial charge >= 0.3 is 0 Å². The Bertz CT molecular complexity index is 3960. The maximum Gasteiger partial charge on any atom is -0.000697 e. The van der Waals surface area contributed by atoms with Crippen molar-refractivity contribution in [1.82, 2.24) is 0 Å². The second kappa shape index (κ2) is 12.9. The van der Waals surface area contributed by atoms with Crippen molar-refractivity contribution in [3.05, 3.63) is 193 Å². The Hall–Kier alpha value is -7.28. The van der Waals surface area contributed by atoms with Gasteiger partial charge in [-0.15, -0.1) is 0 Å². The van der Waals surface area contributed by atoms with Crippen LogP contribution in [0.5, 0.6) is 0 Å². The lowest BCUT2D eigenvalue weighted by atomic mass is 9.83. The molecule has 13 aromatic rings. The molecular weight excluding hydrogens is 745 g/mol. The molecule has 0 heterocycles. The molecule has 0 N–H and O–H groups in total. The van der Waals surface area contributed by atoms with Gasteiger partial charge in [-0.2, -0.15) is 0 Å². The Balaban J connectivity index is 1.22. The van der Waals surface area contributed by atoms with E-state index >= 15 is 0 Å². The third kappa shape index (κ3) is 4.90. The number of hydrogen-bond donors (Lipinski definition) is 0. The fourth-order valence-electron chi connectivity index (χ4n) is 11.3. The van der Waals surface area contributed by atoms with Gasteiger partial charge < -0.3 is 0 Å². The first-order valence-corrected chi connectivity index (χ1v) is 22.2. The van der Waals surface area contributed by atoms with Crippen LogP contribution in [-0.4, -0.2) is 0 Å². The van der Waals surface area contributed by atoms with Crippen LogP contribution in [0.1, 0.15) is 38.8 Å². The van der Waals surface area contributed by atoms with Crippen molar-refractivity contribution < 1.29 is 0 Å². The molecule has 0 unspecified atom stereocenters. The predicted octanol–water partition coefficient (Wildman–Crippen LogP) is 17.8. The van der Waals surface area contributed by atoms with Crippen LogP contribution >= 0.6 is 0 Å². The van der Waals surface area contributed by atoms with E-state index in [1.54, 1.807) is 0 Å². The summed E-state index contributed by atoms with van der Waals surface area (Å²) in [5.41, 5.74) is 10.5. The van der Waals surface area contributed by atoms with Crippen LogP contribution in [0.15, 0.2) is 182 Å². The number of rotatable bonds is 4. The summed E-state index contributed by atoms with van der Waals surface area (Å²) in [7, 11) is 0. The first-order valence-electron chi connectivity index (χ1n) is 22.2. The van der Waals surface area contributed by atoms with Gasteiger partial charge in [0.25, 0.3) is 0 Å². The minimum Gasteiger partial charge on any atom is -0.0622 e. The van der Waals surface area contributed by atoms with E-state index in [9.17, 15) is 0 Å². The molecular formula is C62H44. The predicted molar refractivity (Wildman–Crippen MR) is 271 cm³/mol. The summed E-state index contributed by atoms with van der Waals surface area (Å²) in [4.78, 5) is 0. The van der Waals surface area contributed by atoms with E-state index in [0.717, 1.165) is 6.42 Å². The van der Waals surface area contributed by atoms with Crippen molar-refractivity contribution in [3.63, 3.8) is 0 Å². The Morgan fingerprint density at radius 3 is 1.60 bits per heavy atom. The Morgan fingerprint density at radius 1 is 0.323 bits per heavy atom. The highest BCUT2D eigenvalue weighted by atomic mass is 14.3. The summed E-state index contributed by atoms with van der Waals surface area (Å²) in [6.07, 6.45) is 0.998. The molecule has 62 heavy (non-hydrogen) atoms. The second-order valence-corrected chi connectivity index (χ2v) is 18.6. The molecule has 13 aromatic carbocycles. The van der Waals surface area contributed by atoms with E-state index in [1.165, 1.54) is 141 Å². The summed E-state index contributed by atoms with van der Waals surface area (Å²) in [6, 6.07) is 69.6. The quantitative estimate of drug-likeness (QED) is 0.156. The number of aryl methyl sites for hydroxylation is 1. The van der Waals surface area contributed by atoms with E-state index in [0.29, 0.717) is 0 Å². The largest absolute Gasteiger partial charge is 0.0622 e. The van der Waals surface area contributed by atoms with Gasteiger partial charge in [0.15, 0.2) is 0 Å². The van der Waals surface area contributed by atoms with Gasteiger partial charge in [-0.1, -0.05) is 191 Å². The summed E-state index contributed by atoms with van der Waals surface area (Å²) in [5, 5.41) is 23.8. The molecule has 13 rings (SSSR count). The Morgan fingerprint density at radius 2 is 0.887 bits per heavy atom. The molecule has 0 aromatic heterocycles. The maximum absolute atomic E-state index is 2.54. The van der Waals surface area contributed by atoms with Crippen LogP contribution in [-0.2, 0) is 11.8 Å². The molecule has 0 amide bonds. The Labute approximate surface area is 361 Å². The molecule has 0 aliphatic rings. The zero-order valence-electron chi connectivity index (χ0n) is 35.5. The van der Waals surface area contributed by atoms with Gasteiger partial charge in [0.05, 0.1) is 0 Å². The van der Waals surface area contributed by atoms with E-state index in [-0.39, 0.29) is 5.41 Å². The normalized spacial score (nSPS) is 12.6.